The third kappa shape index (κ3) is 1.98. The highest BCUT2D eigenvalue weighted by atomic mass is 16.6. The van der Waals surface area contributed by atoms with Crippen molar-refractivity contribution >= 4 is 11.6 Å². The average molecular weight is 249 g/mol. The van der Waals surface area contributed by atoms with Gasteiger partial charge in [-0.05, 0) is 19.9 Å². The van der Waals surface area contributed by atoms with Crippen LogP contribution in [-0.4, -0.2) is 24.7 Å². The highest BCUT2D eigenvalue weighted by Gasteiger charge is 2.21. The largest absolute Gasteiger partial charge is 0.332 e. The first-order valence-electron chi connectivity index (χ1n) is 5.04. The molecule has 0 aliphatic carbocycles. The number of aryl methyl sites for hydroxylation is 2. The first-order chi connectivity index (χ1) is 8.52. The van der Waals surface area contributed by atoms with Gasteiger partial charge in [-0.1, -0.05) is 0 Å². The summed E-state index contributed by atoms with van der Waals surface area (Å²) in [4.78, 5) is 18.1. The van der Waals surface area contributed by atoms with E-state index in [9.17, 15) is 10.1 Å². The van der Waals surface area contributed by atoms with Gasteiger partial charge in [0, 0.05) is 5.69 Å². The number of hydrogen-bond acceptors (Lipinski definition) is 7. The molecule has 2 aromatic rings. The van der Waals surface area contributed by atoms with Crippen LogP contribution in [0.1, 0.15) is 11.4 Å². The fourth-order valence-electron chi connectivity index (χ4n) is 1.56. The molecule has 0 saturated carbocycles. The van der Waals surface area contributed by atoms with E-state index in [0.29, 0.717) is 0 Å². The van der Waals surface area contributed by atoms with Crippen LogP contribution in [-0.2, 0) is 0 Å². The van der Waals surface area contributed by atoms with Gasteiger partial charge in [0.25, 0.3) is 0 Å². The molecule has 0 aromatic carbocycles. The molecule has 0 unspecified atom stereocenters. The Morgan fingerprint density at radius 2 is 2.22 bits per heavy atom. The fraction of sp³-hybridized carbons (Fsp3) is 0.222. The zero-order valence-electron chi connectivity index (χ0n) is 9.78. The number of nitrogens with zero attached hydrogens (tertiary/aromatic N) is 5. The van der Waals surface area contributed by atoms with Gasteiger partial charge in [0.05, 0.1) is 10.6 Å². The summed E-state index contributed by atoms with van der Waals surface area (Å²) in [6, 6.07) is 1.79. The normalized spacial score (nSPS) is 10.4. The van der Waals surface area contributed by atoms with Crippen LogP contribution in [0, 0.1) is 24.0 Å². The highest BCUT2D eigenvalue weighted by Crippen LogP contribution is 2.21. The van der Waals surface area contributed by atoms with Gasteiger partial charge in [-0.15, -0.1) is 0 Å². The fourth-order valence-corrected chi connectivity index (χ4v) is 1.56. The van der Waals surface area contributed by atoms with Gasteiger partial charge in [0.1, 0.15) is 6.20 Å². The van der Waals surface area contributed by atoms with E-state index in [1.165, 1.54) is 4.68 Å². The summed E-state index contributed by atoms with van der Waals surface area (Å²) in [5, 5.41) is 15.1. The van der Waals surface area contributed by atoms with Crippen LogP contribution >= 0.6 is 0 Å². The molecule has 2 rings (SSSR count). The van der Waals surface area contributed by atoms with Crippen molar-refractivity contribution in [3.63, 3.8) is 0 Å². The van der Waals surface area contributed by atoms with Crippen molar-refractivity contribution < 1.29 is 4.92 Å². The Morgan fingerprint density at radius 1 is 1.50 bits per heavy atom. The topological polar surface area (TPSA) is 125 Å². The molecule has 0 spiro atoms. The van der Waals surface area contributed by atoms with E-state index in [1.54, 1.807) is 19.9 Å². The standard InChI is InChI=1S/C9H11N7O2/c1-5-3-6(2)15(14-5)8-7(16(17)18)4-11-9(12-8)13-10/h3-4H,10H2,1-2H3,(H,11,12,13). The van der Waals surface area contributed by atoms with Gasteiger partial charge in [-0.25, -0.2) is 15.5 Å². The second kappa shape index (κ2) is 4.37. The molecule has 0 radical (unpaired) electrons. The van der Waals surface area contributed by atoms with Gasteiger partial charge >= 0.3 is 5.69 Å². The second-order valence-electron chi connectivity index (χ2n) is 3.64. The first-order valence-corrected chi connectivity index (χ1v) is 5.04. The third-order valence-corrected chi connectivity index (χ3v) is 2.29. The van der Waals surface area contributed by atoms with Gasteiger partial charge < -0.3 is 0 Å². The summed E-state index contributed by atoms with van der Waals surface area (Å²) >= 11 is 0. The number of hydrogen-bond donors (Lipinski definition) is 2. The highest BCUT2D eigenvalue weighted by molar-refractivity contribution is 5.48. The molecule has 0 aliphatic heterocycles. The first kappa shape index (κ1) is 11.9. The Kier molecular flexibility index (Phi) is 2.90. The summed E-state index contributed by atoms with van der Waals surface area (Å²) in [6.45, 7) is 3.57. The summed E-state index contributed by atoms with van der Waals surface area (Å²) < 4.78 is 1.38. The second-order valence-corrected chi connectivity index (χ2v) is 3.64. The Hall–Kier alpha value is -2.55. The van der Waals surface area contributed by atoms with Crippen LogP contribution in [0.2, 0.25) is 0 Å². The quantitative estimate of drug-likeness (QED) is 0.460. The van der Waals surface area contributed by atoms with E-state index in [-0.39, 0.29) is 17.5 Å². The van der Waals surface area contributed by atoms with E-state index >= 15 is 0 Å². The molecule has 3 N–H and O–H groups in total. The van der Waals surface area contributed by atoms with Crippen molar-refractivity contribution in [3.05, 3.63) is 33.8 Å². The van der Waals surface area contributed by atoms with Crippen molar-refractivity contribution in [2.24, 2.45) is 5.84 Å². The predicted molar refractivity (Wildman–Crippen MR) is 63.1 cm³/mol. The third-order valence-electron chi connectivity index (χ3n) is 2.29. The van der Waals surface area contributed by atoms with Crippen molar-refractivity contribution in [1.29, 1.82) is 0 Å². The average Bonchev–Trinajstić information content (AvgIpc) is 2.67. The van der Waals surface area contributed by atoms with Crippen LogP contribution in [0.5, 0.6) is 0 Å². The summed E-state index contributed by atoms with van der Waals surface area (Å²) in [7, 11) is 0. The van der Waals surface area contributed by atoms with Crippen LogP contribution in [0.4, 0.5) is 11.6 Å². The smallest absolute Gasteiger partial charge is 0.292 e. The van der Waals surface area contributed by atoms with Crippen molar-refractivity contribution in [2.75, 3.05) is 5.43 Å². The minimum atomic E-state index is -0.563. The number of nitrogens with one attached hydrogen (secondary N) is 1. The lowest BCUT2D eigenvalue weighted by Crippen LogP contribution is -2.14. The van der Waals surface area contributed by atoms with E-state index < -0.39 is 4.92 Å². The van der Waals surface area contributed by atoms with Gasteiger partial charge in [0.2, 0.25) is 11.8 Å². The predicted octanol–water partition coefficient (Wildman–Crippen LogP) is 0.473. The maximum Gasteiger partial charge on any atom is 0.332 e. The number of rotatable bonds is 3. The SMILES string of the molecule is Cc1cc(C)n(-c2nc(NN)ncc2[N+](=O)[O-])n1. The monoisotopic (exact) mass is 249 g/mol. The summed E-state index contributed by atoms with van der Waals surface area (Å²) in [5.41, 5.74) is 3.48. The van der Waals surface area contributed by atoms with E-state index in [0.717, 1.165) is 17.6 Å². The number of hydrazine groups is 1. The number of anilines is 1. The van der Waals surface area contributed by atoms with Crippen LogP contribution in [0.15, 0.2) is 12.3 Å². The Bertz CT molecular complexity index is 607. The lowest BCUT2D eigenvalue weighted by atomic mass is 10.4. The van der Waals surface area contributed by atoms with E-state index in [2.05, 4.69) is 20.5 Å². The minimum Gasteiger partial charge on any atom is -0.292 e. The number of aromatic nitrogens is 4. The molecule has 0 atom stereocenters. The number of nitro groups is 1. The van der Waals surface area contributed by atoms with Crippen LogP contribution < -0.4 is 11.3 Å². The van der Waals surface area contributed by atoms with Gasteiger partial charge in [-0.2, -0.15) is 10.1 Å². The van der Waals surface area contributed by atoms with E-state index in [1.807, 2.05) is 0 Å². The molecule has 2 aromatic heterocycles. The molecule has 94 valence electrons. The maximum atomic E-state index is 10.9. The Labute approximate surface area is 102 Å². The molecule has 2 heterocycles. The molecule has 0 fully saturated rings. The van der Waals surface area contributed by atoms with Gasteiger partial charge in [0.15, 0.2) is 0 Å². The summed E-state index contributed by atoms with van der Waals surface area (Å²) in [5.74, 6) is 5.36. The lowest BCUT2D eigenvalue weighted by molar-refractivity contribution is -0.385. The van der Waals surface area contributed by atoms with Crippen molar-refractivity contribution in [3.8, 4) is 5.82 Å². The number of nitrogens with two attached hydrogens (primary N) is 1. The minimum absolute atomic E-state index is 0.0774. The molecule has 9 nitrogen and oxygen atoms in total. The van der Waals surface area contributed by atoms with Crippen LogP contribution in [0.25, 0.3) is 5.82 Å². The summed E-state index contributed by atoms with van der Waals surface area (Å²) in [6.07, 6.45) is 1.09. The molecule has 0 bridgehead atoms. The molecule has 18 heavy (non-hydrogen) atoms. The molecular weight excluding hydrogens is 238 g/mol. The zero-order valence-corrected chi connectivity index (χ0v) is 9.78. The lowest BCUT2D eigenvalue weighted by Gasteiger charge is -2.05. The maximum absolute atomic E-state index is 10.9. The van der Waals surface area contributed by atoms with E-state index in [4.69, 9.17) is 5.84 Å². The molecular formula is C9H11N7O2. The Balaban J connectivity index is 2.67. The number of nitrogen functional groups attached to an aromatic ring is 1. The molecule has 0 aliphatic rings. The molecule has 9 heteroatoms. The van der Waals surface area contributed by atoms with Crippen molar-refractivity contribution in [2.45, 2.75) is 13.8 Å². The zero-order chi connectivity index (χ0) is 13.3. The molecule has 0 amide bonds. The molecule has 0 saturated heterocycles. The van der Waals surface area contributed by atoms with Gasteiger partial charge in [-0.3, -0.25) is 15.5 Å². The Morgan fingerprint density at radius 3 is 2.72 bits per heavy atom. The van der Waals surface area contributed by atoms with Crippen molar-refractivity contribution in [1.82, 2.24) is 19.7 Å². The van der Waals surface area contributed by atoms with Crippen LogP contribution in [0.3, 0.4) is 0 Å².